The summed E-state index contributed by atoms with van der Waals surface area (Å²) in [6, 6.07) is 12.5. The molecule has 0 spiro atoms. The molecule has 2 aromatic rings. The number of aromatic nitrogens is 1. The van der Waals surface area contributed by atoms with E-state index in [9.17, 15) is 8.42 Å². The van der Waals surface area contributed by atoms with Crippen molar-refractivity contribution in [2.45, 2.75) is 31.3 Å². The molecule has 3 rings (SSSR count). The van der Waals surface area contributed by atoms with Crippen LogP contribution in [0.4, 0.5) is 0 Å². The monoisotopic (exact) mass is 332 g/mol. The van der Waals surface area contributed by atoms with Gasteiger partial charge in [0, 0.05) is 18.3 Å². The molecular formula is C17H20N2O3S. The molecule has 1 atom stereocenters. The Labute approximate surface area is 137 Å². The fraction of sp³-hybridized carbons (Fsp3) is 0.353. The molecule has 0 aliphatic carbocycles. The summed E-state index contributed by atoms with van der Waals surface area (Å²) in [5.41, 5.74) is 1.92. The lowest BCUT2D eigenvalue weighted by Crippen LogP contribution is -2.31. The Balaban J connectivity index is 1.70. The van der Waals surface area contributed by atoms with Gasteiger partial charge in [0.25, 0.3) is 0 Å². The molecule has 1 fully saturated rings. The van der Waals surface area contributed by atoms with Crippen LogP contribution in [0.15, 0.2) is 47.4 Å². The summed E-state index contributed by atoms with van der Waals surface area (Å²) in [4.78, 5) is 4.63. The van der Waals surface area contributed by atoms with Gasteiger partial charge in [-0.1, -0.05) is 23.8 Å². The Morgan fingerprint density at radius 1 is 1.13 bits per heavy atom. The molecule has 1 saturated heterocycles. The van der Waals surface area contributed by atoms with Gasteiger partial charge in [0.15, 0.2) is 0 Å². The van der Waals surface area contributed by atoms with Gasteiger partial charge in [0.1, 0.15) is 6.10 Å². The Kier molecular flexibility index (Phi) is 4.37. The molecule has 5 nitrogen and oxygen atoms in total. The van der Waals surface area contributed by atoms with Gasteiger partial charge in [-0.15, -0.1) is 0 Å². The Morgan fingerprint density at radius 3 is 2.57 bits per heavy atom. The van der Waals surface area contributed by atoms with E-state index in [2.05, 4.69) is 4.98 Å². The van der Waals surface area contributed by atoms with Crippen molar-refractivity contribution in [1.29, 1.82) is 0 Å². The van der Waals surface area contributed by atoms with Crippen molar-refractivity contribution in [3.63, 3.8) is 0 Å². The van der Waals surface area contributed by atoms with Crippen LogP contribution in [0.3, 0.4) is 0 Å². The van der Waals surface area contributed by atoms with Crippen LogP contribution in [-0.2, 0) is 10.0 Å². The van der Waals surface area contributed by atoms with E-state index in [0.717, 1.165) is 11.3 Å². The fourth-order valence-electron chi connectivity index (χ4n) is 2.63. The number of benzene rings is 1. The highest BCUT2D eigenvalue weighted by Gasteiger charge is 2.33. The minimum absolute atomic E-state index is 0.162. The van der Waals surface area contributed by atoms with Gasteiger partial charge < -0.3 is 4.74 Å². The zero-order chi connectivity index (χ0) is 16.4. The first-order valence-corrected chi connectivity index (χ1v) is 9.06. The molecule has 1 aliphatic heterocycles. The summed E-state index contributed by atoms with van der Waals surface area (Å²) in [7, 11) is -3.46. The van der Waals surface area contributed by atoms with E-state index in [-0.39, 0.29) is 6.10 Å². The van der Waals surface area contributed by atoms with Crippen LogP contribution in [-0.4, -0.2) is 36.9 Å². The van der Waals surface area contributed by atoms with Gasteiger partial charge in [-0.25, -0.2) is 13.4 Å². The standard InChI is InChI=1S/C17H20N2O3S/c1-13-6-8-16(9-7-13)23(20,21)19-11-10-15(12-19)22-17-5-3-4-14(2)18-17/h3-9,15H,10-12H2,1-2H3. The number of sulfonamides is 1. The van der Waals surface area contributed by atoms with Gasteiger partial charge in [-0.2, -0.15) is 4.31 Å². The molecule has 0 radical (unpaired) electrons. The summed E-state index contributed by atoms with van der Waals surface area (Å²) >= 11 is 0. The molecule has 122 valence electrons. The van der Waals surface area contributed by atoms with E-state index in [4.69, 9.17) is 4.74 Å². The molecule has 0 N–H and O–H groups in total. The predicted molar refractivity (Wildman–Crippen MR) is 87.9 cm³/mol. The van der Waals surface area contributed by atoms with Gasteiger partial charge >= 0.3 is 0 Å². The highest BCUT2D eigenvalue weighted by Crippen LogP contribution is 2.23. The lowest BCUT2D eigenvalue weighted by molar-refractivity contribution is 0.206. The maximum atomic E-state index is 12.7. The highest BCUT2D eigenvalue weighted by molar-refractivity contribution is 7.89. The van der Waals surface area contributed by atoms with Crippen LogP contribution >= 0.6 is 0 Å². The van der Waals surface area contributed by atoms with Crippen LogP contribution in [0.1, 0.15) is 17.7 Å². The number of hydrogen-bond donors (Lipinski definition) is 0. The topological polar surface area (TPSA) is 59.5 Å². The van der Waals surface area contributed by atoms with Gasteiger partial charge in [-0.05, 0) is 38.5 Å². The third kappa shape index (κ3) is 3.54. The molecule has 6 heteroatoms. The van der Waals surface area contributed by atoms with Crippen LogP contribution in [0, 0.1) is 13.8 Å². The van der Waals surface area contributed by atoms with Crippen molar-refractivity contribution >= 4 is 10.0 Å². The number of hydrogen-bond acceptors (Lipinski definition) is 4. The second-order valence-electron chi connectivity index (χ2n) is 5.82. The van der Waals surface area contributed by atoms with Crippen molar-refractivity contribution in [2.75, 3.05) is 13.1 Å². The van der Waals surface area contributed by atoms with E-state index in [1.165, 1.54) is 4.31 Å². The molecule has 0 amide bonds. The summed E-state index contributed by atoms with van der Waals surface area (Å²) < 4.78 is 32.6. The maximum absolute atomic E-state index is 12.7. The van der Waals surface area contributed by atoms with Crippen LogP contribution in [0.5, 0.6) is 5.88 Å². The molecule has 23 heavy (non-hydrogen) atoms. The van der Waals surface area contributed by atoms with E-state index < -0.39 is 10.0 Å². The average Bonchev–Trinajstić information content (AvgIpc) is 2.97. The Morgan fingerprint density at radius 2 is 1.87 bits per heavy atom. The predicted octanol–water partition coefficient (Wildman–Crippen LogP) is 2.54. The van der Waals surface area contributed by atoms with Crippen molar-refractivity contribution in [3.8, 4) is 5.88 Å². The Bertz CT molecular complexity index is 788. The average molecular weight is 332 g/mol. The molecule has 0 bridgehead atoms. The van der Waals surface area contributed by atoms with E-state index in [1.54, 1.807) is 18.2 Å². The van der Waals surface area contributed by atoms with Gasteiger partial charge in [-0.3, -0.25) is 0 Å². The zero-order valence-electron chi connectivity index (χ0n) is 13.3. The molecule has 0 saturated carbocycles. The van der Waals surface area contributed by atoms with Crippen molar-refractivity contribution in [2.24, 2.45) is 0 Å². The van der Waals surface area contributed by atoms with Crippen LogP contribution in [0.25, 0.3) is 0 Å². The van der Waals surface area contributed by atoms with Crippen LogP contribution < -0.4 is 4.74 Å². The Hall–Kier alpha value is -1.92. The lowest BCUT2D eigenvalue weighted by atomic mass is 10.2. The largest absolute Gasteiger partial charge is 0.473 e. The number of ether oxygens (including phenoxy) is 1. The molecule has 1 aromatic heterocycles. The lowest BCUT2D eigenvalue weighted by Gasteiger charge is -2.17. The summed E-state index contributed by atoms with van der Waals surface area (Å²) in [5, 5.41) is 0. The number of pyridine rings is 1. The molecule has 1 aromatic carbocycles. The fourth-order valence-corrected chi connectivity index (χ4v) is 4.11. The van der Waals surface area contributed by atoms with Gasteiger partial charge in [0.2, 0.25) is 15.9 Å². The molecular weight excluding hydrogens is 312 g/mol. The van der Waals surface area contributed by atoms with E-state index >= 15 is 0 Å². The number of aryl methyl sites for hydroxylation is 2. The maximum Gasteiger partial charge on any atom is 0.243 e. The van der Waals surface area contributed by atoms with Crippen molar-refractivity contribution < 1.29 is 13.2 Å². The molecule has 1 aliphatic rings. The minimum Gasteiger partial charge on any atom is -0.473 e. The second-order valence-corrected chi connectivity index (χ2v) is 7.76. The number of nitrogens with zero attached hydrogens (tertiary/aromatic N) is 2. The summed E-state index contributed by atoms with van der Waals surface area (Å²) in [6.45, 7) is 4.65. The van der Waals surface area contributed by atoms with E-state index in [1.807, 2.05) is 38.1 Å². The van der Waals surface area contributed by atoms with E-state index in [0.29, 0.717) is 30.3 Å². The normalized spacial score (nSPS) is 19.0. The minimum atomic E-state index is -3.46. The van der Waals surface area contributed by atoms with Crippen molar-refractivity contribution in [1.82, 2.24) is 9.29 Å². The molecule has 2 heterocycles. The smallest absolute Gasteiger partial charge is 0.243 e. The number of rotatable bonds is 4. The van der Waals surface area contributed by atoms with Gasteiger partial charge in [0.05, 0.1) is 11.4 Å². The first kappa shape index (κ1) is 16.0. The summed E-state index contributed by atoms with van der Waals surface area (Å²) in [5.74, 6) is 0.546. The third-order valence-corrected chi connectivity index (χ3v) is 5.80. The second kappa shape index (κ2) is 6.29. The van der Waals surface area contributed by atoms with Crippen molar-refractivity contribution in [3.05, 3.63) is 53.7 Å². The van der Waals surface area contributed by atoms with Crippen LogP contribution in [0.2, 0.25) is 0 Å². The highest BCUT2D eigenvalue weighted by atomic mass is 32.2. The SMILES string of the molecule is Cc1ccc(S(=O)(=O)N2CCC(Oc3cccc(C)n3)C2)cc1. The zero-order valence-corrected chi connectivity index (χ0v) is 14.1. The first-order chi connectivity index (χ1) is 10.9. The first-order valence-electron chi connectivity index (χ1n) is 7.62. The quantitative estimate of drug-likeness (QED) is 0.863. The third-order valence-electron chi connectivity index (χ3n) is 3.92. The summed E-state index contributed by atoms with van der Waals surface area (Å²) in [6.07, 6.45) is 0.505. The molecule has 1 unspecified atom stereocenters.